The summed E-state index contributed by atoms with van der Waals surface area (Å²) in [6, 6.07) is 7.91. The van der Waals surface area contributed by atoms with Gasteiger partial charge in [0, 0.05) is 5.92 Å². The van der Waals surface area contributed by atoms with Gasteiger partial charge in [-0.25, -0.2) is 13.6 Å². The first-order chi connectivity index (χ1) is 9.49. The highest BCUT2D eigenvalue weighted by atomic mass is 32.2. The number of rotatable bonds is 6. The highest BCUT2D eigenvalue weighted by Gasteiger charge is 2.29. The molecule has 5 heteroatoms. The summed E-state index contributed by atoms with van der Waals surface area (Å²) in [6.07, 6.45) is 0. The van der Waals surface area contributed by atoms with E-state index in [-0.39, 0.29) is 17.1 Å². The van der Waals surface area contributed by atoms with Crippen LogP contribution >= 0.6 is 0 Å². The van der Waals surface area contributed by atoms with Crippen LogP contribution in [0.1, 0.15) is 46.1 Å². The first-order valence-electron chi connectivity index (χ1n) is 7.22. The maximum Gasteiger partial charge on any atom is 0.209 e. The lowest BCUT2D eigenvalue weighted by atomic mass is 9.82. The molecule has 0 fully saturated rings. The molecule has 0 saturated carbocycles. The first kappa shape index (κ1) is 18.0. The zero-order valence-corrected chi connectivity index (χ0v) is 14.4. The van der Waals surface area contributed by atoms with Crippen molar-refractivity contribution in [1.82, 2.24) is 0 Å². The van der Waals surface area contributed by atoms with Crippen molar-refractivity contribution >= 4 is 10.0 Å². The Labute approximate surface area is 128 Å². The lowest BCUT2D eigenvalue weighted by Crippen LogP contribution is -2.35. The van der Waals surface area contributed by atoms with Gasteiger partial charge in [0.15, 0.2) is 0 Å². The van der Waals surface area contributed by atoms with Crippen molar-refractivity contribution < 1.29 is 13.2 Å². The molecular weight excluding hydrogens is 286 g/mol. The molecule has 0 bridgehead atoms. The summed E-state index contributed by atoms with van der Waals surface area (Å²) in [6.45, 7) is 10.6. The smallest absolute Gasteiger partial charge is 0.209 e. The molecule has 1 atom stereocenters. The predicted molar refractivity (Wildman–Crippen MR) is 86.9 cm³/mol. The Kier molecular flexibility index (Phi) is 5.82. The molecule has 0 heterocycles. The molecule has 0 aromatic heterocycles. The van der Waals surface area contributed by atoms with Gasteiger partial charge in [-0.3, -0.25) is 0 Å². The summed E-state index contributed by atoms with van der Waals surface area (Å²) < 4.78 is 28.4. The van der Waals surface area contributed by atoms with Crippen molar-refractivity contribution in [2.24, 2.45) is 16.5 Å². The summed E-state index contributed by atoms with van der Waals surface area (Å²) >= 11 is 0. The van der Waals surface area contributed by atoms with Crippen LogP contribution in [-0.4, -0.2) is 20.8 Å². The van der Waals surface area contributed by atoms with E-state index in [0.717, 1.165) is 5.75 Å². The number of nitrogens with two attached hydrogens (primary N) is 1. The Balaban J connectivity index is 2.73. The van der Waals surface area contributed by atoms with Crippen LogP contribution in [0.3, 0.4) is 0 Å². The number of ether oxygens (including phenoxy) is 1. The van der Waals surface area contributed by atoms with Gasteiger partial charge in [-0.1, -0.05) is 46.8 Å². The van der Waals surface area contributed by atoms with Crippen LogP contribution in [0, 0.1) is 11.3 Å². The van der Waals surface area contributed by atoms with Gasteiger partial charge in [0.1, 0.15) is 5.75 Å². The summed E-state index contributed by atoms with van der Waals surface area (Å²) in [7, 11) is -3.51. The largest absolute Gasteiger partial charge is 0.493 e. The van der Waals surface area contributed by atoms with Crippen LogP contribution in [-0.2, 0) is 10.0 Å². The molecule has 120 valence electrons. The molecule has 0 amide bonds. The Bertz CT molecular complexity index is 542. The molecule has 1 unspecified atom stereocenters. The summed E-state index contributed by atoms with van der Waals surface area (Å²) in [5, 5.41) is 5.17. The van der Waals surface area contributed by atoms with Crippen molar-refractivity contribution in [3.63, 3.8) is 0 Å². The molecule has 0 aliphatic heterocycles. The van der Waals surface area contributed by atoms with Crippen molar-refractivity contribution in [1.29, 1.82) is 0 Å². The van der Waals surface area contributed by atoms with E-state index in [0.29, 0.717) is 12.5 Å². The number of benzene rings is 1. The molecule has 0 aliphatic rings. The zero-order chi connectivity index (χ0) is 16.3. The van der Waals surface area contributed by atoms with E-state index in [4.69, 9.17) is 9.88 Å². The van der Waals surface area contributed by atoms with E-state index in [1.165, 1.54) is 5.56 Å². The van der Waals surface area contributed by atoms with E-state index in [1.807, 2.05) is 45.0 Å². The van der Waals surface area contributed by atoms with Gasteiger partial charge >= 0.3 is 0 Å². The summed E-state index contributed by atoms with van der Waals surface area (Å²) in [4.78, 5) is 0. The monoisotopic (exact) mass is 313 g/mol. The Morgan fingerprint density at radius 2 is 1.67 bits per heavy atom. The van der Waals surface area contributed by atoms with Crippen LogP contribution in [0.2, 0.25) is 0 Å². The van der Waals surface area contributed by atoms with Crippen molar-refractivity contribution in [2.45, 2.75) is 40.5 Å². The molecule has 21 heavy (non-hydrogen) atoms. The normalized spacial score (nSPS) is 14.2. The van der Waals surface area contributed by atoms with E-state index >= 15 is 0 Å². The fourth-order valence-corrected chi connectivity index (χ4v) is 3.13. The van der Waals surface area contributed by atoms with E-state index in [1.54, 1.807) is 0 Å². The van der Waals surface area contributed by atoms with E-state index < -0.39 is 10.0 Å². The zero-order valence-electron chi connectivity index (χ0n) is 13.6. The van der Waals surface area contributed by atoms with Gasteiger partial charge in [0.2, 0.25) is 10.0 Å². The quantitative estimate of drug-likeness (QED) is 0.877. The van der Waals surface area contributed by atoms with Crippen LogP contribution < -0.4 is 9.88 Å². The first-order valence-corrected chi connectivity index (χ1v) is 8.94. The molecule has 1 rings (SSSR count). The maximum atomic E-state index is 11.3. The lowest BCUT2D eigenvalue weighted by Gasteiger charge is -2.29. The summed E-state index contributed by atoms with van der Waals surface area (Å²) in [5.74, 6) is 1.00. The molecule has 0 aliphatic carbocycles. The van der Waals surface area contributed by atoms with Crippen molar-refractivity contribution in [3.8, 4) is 5.75 Å². The van der Waals surface area contributed by atoms with Gasteiger partial charge in [0.25, 0.3) is 0 Å². The Morgan fingerprint density at radius 1 is 1.14 bits per heavy atom. The SMILES string of the molecule is CC(C)c1ccc(OCC(CS(N)(=O)=O)C(C)(C)C)cc1. The number of hydrogen-bond acceptors (Lipinski definition) is 3. The number of sulfonamides is 1. The second-order valence-corrected chi connectivity index (χ2v) is 8.59. The number of hydrogen-bond donors (Lipinski definition) is 1. The number of primary sulfonamides is 1. The average Bonchev–Trinajstić information content (AvgIpc) is 2.32. The van der Waals surface area contributed by atoms with Gasteiger partial charge in [-0.2, -0.15) is 0 Å². The molecular formula is C16H27NO3S. The van der Waals surface area contributed by atoms with Crippen LogP contribution in [0.25, 0.3) is 0 Å². The van der Waals surface area contributed by atoms with Crippen LogP contribution in [0.4, 0.5) is 0 Å². The minimum atomic E-state index is -3.51. The molecule has 0 saturated heterocycles. The molecule has 0 radical (unpaired) electrons. The molecule has 1 aromatic rings. The van der Waals surface area contributed by atoms with Crippen molar-refractivity contribution in [2.75, 3.05) is 12.4 Å². The lowest BCUT2D eigenvalue weighted by molar-refractivity contribution is 0.163. The fourth-order valence-electron chi connectivity index (χ4n) is 1.97. The standard InChI is InChI=1S/C16H27NO3S/c1-12(2)13-6-8-15(9-7-13)20-10-14(16(3,4)5)11-21(17,18)19/h6-9,12,14H,10-11H2,1-5H3,(H2,17,18,19). The molecule has 0 spiro atoms. The Morgan fingerprint density at radius 3 is 2.05 bits per heavy atom. The van der Waals surface area contributed by atoms with Gasteiger partial charge in [0.05, 0.1) is 12.4 Å². The topological polar surface area (TPSA) is 69.4 Å². The minimum absolute atomic E-state index is 0.0689. The third-order valence-electron chi connectivity index (χ3n) is 3.66. The van der Waals surface area contributed by atoms with Crippen molar-refractivity contribution in [3.05, 3.63) is 29.8 Å². The van der Waals surface area contributed by atoms with Gasteiger partial charge < -0.3 is 4.74 Å². The molecule has 2 N–H and O–H groups in total. The summed E-state index contributed by atoms with van der Waals surface area (Å²) in [5.41, 5.74) is 1.06. The molecule has 4 nitrogen and oxygen atoms in total. The van der Waals surface area contributed by atoms with Crippen LogP contribution in [0.5, 0.6) is 5.75 Å². The Hall–Kier alpha value is -1.07. The highest BCUT2D eigenvalue weighted by molar-refractivity contribution is 7.89. The fraction of sp³-hybridized carbons (Fsp3) is 0.625. The third kappa shape index (κ3) is 6.48. The van der Waals surface area contributed by atoms with E-state index in [9.17, 15) is 8.42 Å². The second kappa shape index (κ2) is 6.79. The van der Waals surface area contributed by atoms with Gasteiger partial charge in [-0.05, 0) is 29.0 Å². The van der Waals surface area contributed by atoms with Gasteiger partial charge in [-0.15, -0.1) is 0 Å². The highest BCUT2D eigenvalue weighted by Crippen LogP contribution is 2.28. The second-order valence-electron chi connectivity index (χ2n) is 6.93. The molecule has 1 aromatic carbocycles. The predicted octanol–water partition coefficient (Wildman–Crippen LogP) is 3.14. The van der Waals surface area contributed by atoms with E-state index in [2.05, 4.69) is 13.8 Å². The average molecular weight is 313 g/mol. The maximum absolute atomic E-state index is 11.3. The minimum Gasteiger partial charge on any atom is -0.493 e. The van der Waals surface area contributed by atoms with Crippen LogP contribution in [0.15, 0.2) is 24.3 Å². The third-order valence-corrected chi connectivity index (χ3v) is 4.52.